The first-order chi connectivity index (χ1) is 32.7. The van der Waals surface area contributed by atoms with Crippen LogP contribution in [-0.2, 0) is 0 Å². The van der Waals surface area contributed by atoms with Crippen molar-refractivity contribution in [3.8, 4) is 23.0 Å². The van der Waals surface area contributed by atoms with Crippen molar-refractivity contribution < 1.29 is 53.4 Å². The molecule has 338 valence electrons. The summed E-state index contributed by atoms with van der Waals surface area (Å²) in [5.74, 6) is -24.8. The molecule has 4 nitrogen and oxygen atoms in total. The number of hydrogen-bond acceptors (Lipinski definition) is 4. The fraction of sp³-hybridized carbons (Fsp3) is 0.0370. The Morgan fingerprint density at radius 3 is 0.985 bits per heavy atom. The third-order valence-electron chi connectivity index (χ3n) is 11.6. The van der Waals surface area contributed by atoms with E-state index in [0.717, 1.165) is 66.2 Å². The van der Waals surface area contributed by atoms with Gasteiger partial charge in [-0.25, -0.2) is 26.3 Å². The Morgan fingerprint density at radius 2 is 0.647 bits per heavy atom. The van der Waals surface area contributed by atoms with Gasteiger partial charge < -0.3 is 19.3 Å². The molecule has 0 spiro atoms. The van der Waals surface area contributed by atoms with Crippen molar-refractivity contribution in [2.45, 2.75) is 13.8 Å². The lowest BCUT2D eigenvalue weighted by molar-refractivity contribution is 0.332. The second-order valence-electron chi connectivity index (χ2n) is 15.9. The molecule has 0 saturated heterocycles. The predicted molar refractivity (Wildman–Crippen MR) is 242 cm³/mol. The fourth-order valence-electron chi connectivity index (χ4n) is 8.46. The van der Waals surface area contributed by atoms with Crippen molar-refractivity contribution in [3.63, 3.8) is 0 Å². The minimum atomic E-state index is -2.30. The third-order valence-corrected chi connectivity index (χ3v) is 11.6. The van der Waals surface area contributed by atoms with E-state index in [4.69, 9.17) is 9.47 Å². The van der Waals surface area contributed by atoms with Crippen LogP contribution in [0.25, 0.3) is 32.3 Å². The first-order valence-corrected chi connectivity index (χ1v) is 20.7. The lowest BCUT2D eigenvalue weighted by Crippen LogP contribution is -2.12. The van der Waals surface area contributed by atoms with Gasteiger partial charge in [0, 0.05) is 33.5 Å². The number of halogens is 10. The molecule has 10 aromatic carbocycles. The highest BCUT2D eigenvalue weighted by Gasteiger charge is 2.30. The number of anilines is 6. The highest BCUT2D eigenvalue weighted by Crippen LogP contribution is 2.48. The topological polar surface area (TPSA) is 24.9 Å². The van der Waals surface area contributed by atoms with Gasteiger partial charge in [-0.3, -0.25) is 0 Å². The molecule has 10 aromatic rings. The number of benzene rings is 10. The van der Waals surface area contributed by atoms with Crippen LogP contribution >= 0.6 is 0 Å². The molecule has 0 amide bonds. The van der Waals surface area contributed by atoms with Gasteiger partial charge in [0.2, 0.25) is 69.7 Å². The summed E-state index contributed by atoms with van der Waals surface area (Å²) in [7, 11) is 0. The summed E-state index contributed by atoms with van der Waals surface area (Å²) >= 11 is 0. The number of nitrogens with zero attached hydrogens (tertiary/aromatic N) is 2. The standard InChI is InChI=1S/C54H30F10N2O2/c1-27-5-3-7-33(25-27)65(31-13-17-35(18-14-31)67-53-49(61)45(57)43(55)46(58)50(53)62)39-23-11-29-10-22-38-40(24-12-30-9-21-37(39)41(29)42(30)38)66(34-8-4-6-28(2)26-34)32-15-19-36(20-16-32)68-54-51(63)47(59)44(56)48(60)52(54)64/h3-26H,1-2H3. The van der Waals surface area contributed by atoms with Gasteiger partial charge in [-0.15, -0.1) is 0 Å². The van der Waals surface area contributed by atoms with Crippen molar-refractivity contribution in [3.05, 3.63) is 215 Å². The molecule has 0 aromatic heterocycles. The molecule has 0 bridgehead atoms. The van der Waals surface area contributed by atoms with E-state index >= 15 is 0 Å². The minimum absolute atomic E-state index is 0.189. The molecule has 0 atom stereocenters. The van der Waals surface area contributed by atoms with Crippen molar-refractivity contribution in [1.82, 2.24) is 0 Å². The molecular weight excluding hydrogens is 899 g/mol. The highest BCUT2D eigenvalue weighted by molar-refractivity contribution is 6.28. The number of hydrogen-bond donors (Lipinski definition) is 0. The fourth-order valence-corrected chi connectivity index (χ4v) is 8.46. The Balaban J connectivity index is 1.10. The van der Waals surface area contributed by atoms with Gasteiger partial charge in [0.1, 0.15) is 11.5 Å². The quantitative estimate of drug-likeness (QED) is 0.0590. The molecule has 0 N–H and O–H groups in total. The van der Waals surface area contributed by atoms with Crippen LogP contribution in [0.2, 0.25) is 0 Å². The average molecular weight is 929 g/mol. The predicted octanol–water partition coefficient (Wildman–Crippen LogP) is 17.1. The van der Waals surface area contributed by atoms with Crippen molar-refractivity contribution in [2.24, 2.45) is 0 Å². The smallest absolute Gasteiger partial charge is 0.207 e. The summed E-state index contributed by atoms with van der Waals surface area (Å²) in [6, 6.07) is 43.1. The van der Waals surface area contributed by atoms with Crippen LogP contribution < -0.4 is 19.3 Å². The molecular formula is C54H30F10N2O2. The summed E-state index contributed by atoms with van der Waals surface area (Å²) in [4.78, 5) is 3.94. The highest BCUT2D eigenvalue weighted by atomic mass is 19.2. The van der Waals surface area contributed by atoms with Crippen LogP contribution in [0.4, 0.5) is 78.0 Å². The van der Waals surface area contributed by atoms with Gasteiger partial charge in [0.25, 0.3) is 0 Å². The monoisotopic (exact) mass is 928 g/mol. The van der Waals surface area contributed by atoms with Crippen molar-refractivity contribution in [1.29, 1.82) is 0 Å². The van der Waals surface area contributed by atoms with E-state index in [0.29, 0.717) is 11.4 Å². The van der Waals surface area contributed by atoms with Gasteiger partial charge in [-0.2, -0.15) is 17.6 Å². The Hall–Kier alpha value is -8.26. The Labute approximate surface area is 380 Å². The zero-order chi connectivity index (χ0) is 47.7. The zero-order valence-electron chi connectivity index (χ0n) is 35.3. The Kier molecular flexibility index (Phi) is 10.8. The van der Waals surface area contributed by atoms with Gasteiger partial charge in [-0.1, -0.05) is 60.7 Å². The largest absolute Gasteiger partial charge is 0.451 e. The third kappa shape index (κ3) is 7.28. The van der Waals surface area contributed by atoms with E-state index in [1.807, 2.05) is 121 Å². The Morgan fingerprint density at radius 1 is 0.324 bits per heavy atom. The summed E-state index contributed by atoms with van der Waals surface area (Å²) in [6.07, 6.45) is 0. The second-order valence-corrected chi connectivity index (χ2v) is 15.9. The molecule has 10 rings (SSSR count). The minimum Gasteiger partial charge on any atom is -0.451 e. The maximum absolute atomic E-state index is 14.6. The number of ether oxygens (including phenoxy) is 2. The van der Waals surface area contributed by atoms with E-state index in [1.165, 1.54) is 24.3 Å². The van der Waals surface area contributed by atoms with Crippen LogP contribution in [0.1, 0.15) is 11.1 Å². The maximum Gasteiger partial charge on any atom is 0.207 e. The van der Waals surface area contributed by atoms with Crippen LogP contribution in [0, 0.1) is 72.0 Å². The molecule has 0 aliphatic rings. The molecule has 0 fully saturated rings. The van der Waals surface area contributed by atoms with Crippen molar-refractivity contribution >= 4 is 66.4 Å². The lowest BCUT2D eigenvalue weighted by Gasteiger charge is -2.29. The zero-order valence-corrected chi connectivity index (χ0v) is 35.3. The molecule has 0 heterocycles. The normalized spacial score (nSPS) is 11.5. The van der Waals surface area contributed by atoms with Crippen LogP contribution in [0.3, 0.4) is 0 Å². The van der Waals surface area contributed by atoms with E-state index in [2.05, 4.69) is 0 Å². The summed E-state index contributed by atoms with van der Waals surface area (Å²) in [5.41, 5.74) is 5.96. The van der Waals surface area contributed by atoms with E-state index in [1.54, 1.807) is 24.3 Å². The van der Waals surface area contributed by atoms with Crippen LogP contribution in [0.5, 0.6) is 23.0 Å². The molecule has 0 radical (unpaired) electrons. The number of rotatable bonds is 10. The van der Waals surface area contributed by atoms with E-state index in [-0.39, 0.29) is 11.5 Å². The molecule has 0 unspecified atom stereocenters. The maximum atomic E-state index is 14.6. The molecule has 0 aliphatic carbocycles. The summed E-state index contributed by atoms with van der Waals surface area (Å²) in [6.45, 7) is 3.87. The first kappa shape index (κ1) is 43.6. The second kappa shape index (κ2) is 16.9. The van der Waals surface area contributed by atoms with Gasteiger partial charge in [0.15, 0.2) is 0 Å². The van der Waals surface area contributed by atoms with E-state index in [9.17, 15) is 43.9 Å². The molecule has 0 saturated carbocycles. The SMILES string of the molecule is Cc1cccc(N(c2ccc(Oc3c(F)c(F)c(F)c(F)c3F)cc2)c2ccc3ccc4c(N(c5ccc(Oc6c(F)c(F)c(F)c(F)c6F)cc5)c5cccc(C)c5)ccc5ccc2c3c54)c1. The summed E-state index contributed by atoms with van der Waals surface area (Å²) < 4.78 is 152. The molecule has 14 heteroatoms. The van der Waals surface area contributed by atoms with Crippen LogP contribution in [-0.4, -0.2) is 0 Å². The van der Waals surface area contributed by atoms with Gasteiger partial charge in [0.05, 0.1) is 11.4 Å². The van der Waals surface area contributed by atoms with Gasteiger partial charge >= 0.3 is 0 Å². The molecule has 0 aliphatic heterocycles. The average Bonchev–Trinajstić information content (AvgIpc) is 3.35. The van der Waals surface area contributed by atoms with Gasteiger partial charge in [-0.05, 0) is 131 Å². The molecule has 68 heavy (non-hydrogen) atoms. The van der Waals surface area contributed by atoms with Crippen LogP contribution in [0.15, 0.2) is 146 Å². The summed E-state index contributed by atoms with van der Waals surface area (Å²) in [5, 5.41) is 5.28. The Bertz CT molecular complexity index is 3330. The number of aryl methyl sites for hydroxylation is 2. The van der Waals surface area contributed by atoms with Crippen molar-refractivity contribution in [2.75, 3.05) is 9.80 Å². The van der Waals surface area contributed by atoms with E-state index < -0.39 is 69.7 Å². The first-order valence-electron chi connectivity index (χ1n) is 20.7. The lowest BCUT2D eigenvalue weighted by atomic mass is 9.91.